The zero-order chi connectivity index (χ0) is 36.0. The third-order valence-electron chi connectivity index (χ3n) is 7.36. The zero-order valence-electron chi connectivity index (χ0n) is 22.8. The Morgan fingerprint density at radius 2 is 1.30 bits per heavy atom. The molecule has 24 heteroatoms. The summed E-state index contributed by atoms with van der Waals surface area (Å²) in [6.07, 6.45) is -7.70. The van der Waals surface area contributed by atoms with Crippen LogP contribution in [-0.2, 0) is 25.9 Å². The highest BCUT2D eigenvalue weighted by atomic mass is 32.1. The number of hydrogen-bond donors (Lipinski definition) is 0. The van der Waals surface area contributed by atoms with Gasteiger partial charge in [-0.1, -0.05) is 5.21 Å². The van der Waals surface area contributed by atoms with E-state index in [1.54, 1.807) is 0 Å². The van der Waals surface area contributed by atoms with Gasteiger partial charge in [0.25, 0.3) is 5.56 Å². The molecular weight excluding hydrogens is 717 g/mol. The molecule has 4 rings (SSSR count). The maximum absolute atomic E-state index is 14.3. The minimum atomic E-state index is -8.68. The number of thiophene rings is 1. The Kier molecular flexibility index (Phi) is 8.50. The summed E-state index contributed by atoms with van der Waals surface area (Å²) in [6, 6.07) is 0. The molecule has 1 aliphatic carbocycles. The van der Waals surface area contributed by atoms with Gasteiger partial charge < -0.3 is 0 Å². The second kappa shape index (κ2) is 10.9. The lowest BCUT2D eigenvalue weighted by molar-refractivity contribution is -0.461. The van der Waals surface area contributed by atoms with Gasteiger partial charge in [-0.2, -0.15) is 74.6 Å². The van der Waals surface area contributed by atoms with Crippen molar-refractivity contribution in [3.8, 4) is 0 Å². The quantitative estimate of drug-likeness (QED) is 0.194. The average Bonchev–Trinajstić information content (AvgIpc) is 3.65. The van der Waals surface area contributed by atoms with Crippen LogP contribution in [0.25, 0.3) is 10.2 Å². The maximum Gasteiger partial charge on any atom is 0.460 e. The van der Waals surface area contributed by atoms with E-state index in [2.05, 4.69) is 15.3 Å². The van der Waals surface area contributed by atoms with Gasteiger partial charge >= 0.3 is 47.6 Å². The fourth-order valence-electron chi connectivity index (χ4n) is 4.66. The normalized spacial score (nSPS) is 16.0. The van der Waals surface area contributed by atoms with Gasteiger partial charge in [0.2, 0.25) is 0 Å². The van der Waals surface area contributed by atoms with E-state index in [1.165, 1.54) is 18.3 Å². The third-order valence-corrected chi connectivity index (χ3v) is 8.55. The summed E-state index contributed by atoms with van der Waals surface area (Å²) in [4.78, 5) is 18.8. The second-order valence-corrected chi connectivity index (χ2v) is 11.5. The molecule has 0 amide bonds. The summed E-state index contributed by atoms with van der Waals surface area (Å²) in [7, 11) is 0. The molecule has 0 aromatic carbocycles. The number of aromatic nitrogens is 5. The molecule has 3 aromatic rings. The number of rotatable bonds is 11. The van der Waals surface area contributed by atoms with Gasteiger partial charge in [-0.25, -0.2) is 4.98 Å². The van der Waals surface area contributed by atoms with Crippen LogP contribution >= 0.6 is 11.3 Å². The molecule has 0 radical (unpaired) electrons. The second-order valence-electron chi connectivity index (χ2n) is 10.5. The molecule has 0 saturated carbocycles. The van der Waals surface area contributed by atoms with E-state index in [-0.39, 0.29) is 16.2 Å². The Morgan fingerprint density at radius 3 is 1.85 bits per heavy atom. The maximum atomic E-state index is 14.3. The molecule has 3 aromatic heterocycles. The van der Waals surface area contributed by atoms with Crippen molar-refractivity contribution in [3.05, 3.63) is 38.5 Å². The molecule has 1 aliphatic rings. The van der Waals surface area contributed by atoms with Crippen molar-refractivity contribution in [1.82, 2.24) is 24.5 Å². The van der Waals surface area contributed by atoms with Crippen LogP contribution in [0, 0.1) is 6.92 Å². The minimum Gasteiger partial charge on any atom is -0.290 e. The first-order valence-electron chi connectivity index (χ1n) is 12.7. The van der Waals surface area contributed by atoms with Crippen molar-refractivity contribution >= 4 is 21.6 Å². The molecule has 6 nitrogen and oxygen atoms in total. The lowest BCUT2D eigenvalue weighted by Crippen LogP contribution is -2.74. The molecule has 0 N–H and O–H groups in total. The lowest BCUT2D eigenvalue weighted by atomic mass is 9.88. The molecule has 0 saturated heterocycles. The third kappa shape index (κ3) is 5.22. The fourth-order valence-corrected chi connectivity index (χ4v) is 5.95. The topological polar surface area (TPSA) is 65.6 Å². The molecule has 0 atom stereocenters. The van der Waals surface area contributed by atoms with Gasteiger partial charge in [0.1, 0.15) is 16.3 Å². The molecule has 264 valence electrons. The summed E-state index contributed by atoms with van der Waals surface area (Å²) in [5.41, 5.74) is -0.00483. The Balaban J connectivity index is 1.55. The summed E-state index contributed by atoms with van der Waals surface area (Å²) in [6.45, 7) is -0.682. The van der Waals surface area contributed by atoms with Crippen LogP contribution in [0.3, 0.4) is 0 Å². The van der Waals surface area contributed by atoms with Crippen molar-refractivity contribution in [3.63, 3.8) is 0 Å². The largest absolute Gasteiger partial charge is 0.460 e. The summed E-state index contributed by atoms with van der Waals surface area (Å²) < 4.78 is 230. The van der Waals surface area contributed by atoms with Crippen molar-refractivity contribution in [1.29, 1.82) is 0 Å². The molecule has 0 aliphatic heterocycles. The van der Waals surface area contributed by atoms with Crippen LogP contribution in [0.5, 0.6) is 0 Å². The predicted octanol–water partition coefficient (Wildman–Crippen LogP) is 7.29. The first-order valence-corrected chi connectivity index (χ1v) is 13.5. The summed E-state index contributed by atoms with van der Waals surface area (Å²) >= 11 is 1.31. The standard InChI is InChI=1S/C23H16F17N5OS/c1-9-41-14-13(11-3-2-4-12(11)47-14)15(46)45(9)8-10-7-44(43-42-10)6-5-16(24,25)17(26,27)18(28,29)19(30,31)20(32,33)21(34,35)22(36,37)23(38,39)40/h7H,2-6,8H2,1H3. The van der Waals surface area contributed by atoms with E-state index in [9.17, 15) is 79.4 Å². The lowest BCUT2D eigenvalue weighted by Gasteiger charge is -2.42. The van der Waals surface area contributed by atoms with Gasteiger partial charge in [-0.15, -0.1) is 16.4 Å². The van der Waals surface area contributed by atoms with Gasteiger partial charge in [0.05, 0.1) is 18.1 Å². The van der Waals surface area contributed by atoms with Crippen molar-refractivity contribution in [2.45, 2.75) is 93.3 Å². The predicted molar refractivity (Wildman–Crippen MR) is 125 cm³/mol. The Bertz CT molecular complexity index is 1720. The van der Waals surface area contributed by atoms with Crippen molar-refractivity contribution < 1.29 is 74.6 Å². The van der Waals surface area contributed by atoms with Crippen LogP contribution in [-0.4, -0.2) is 72.2 Å². The van der Waals surface area contributed by atoms with E-state index in [1.807, 2.05) is 0 Å². The fraction of sp³-hybridized carbons (Fsp3) is 0.652. The van der Waals surface area contributed by atoms with Crippen molar-refractivity contribution in [2.24, 2.45) is 0 Å². The van der Waals surface area contributed by atoms with Gasteiger partial charge in [0.15, 0.2) is 0 Å². The number of fused-ring (bicyclic) bond motifs is 3. The monoisotopic (exact) mass is 733 g/mol. The molecule has 0 fully saturated rings. The van der Waals surface area contributed by atoms with E-state index >= 15 is 0 Å². The molecule has 0 unspecified atom stereocenters. The van der Waals surface area contributed by atoms with E-state index in [0.717, 1.165) is 27.8 Å². The van der Waals surface area contributed by atoms with Crippen LogP contribution in [0.15, 0.2) is 11.0 Å². The zero-order valence-corrected chi connectivity index (χ0v) is 23.6. The molecule has 0 bridgehead atoms. The van der Waals surface area contributed by atoms with Crippen LogP contribution in [0.4, 0.5) is 74.6 Å². The van der Waals surface area contributed by atoms with Crippen molar-refractivity contribution in [2.75, 3.05) is 0 Å². The Hall–Kier alpha value is -3.21. The smallest absolute Gasteiger partial charge is 0.290 e. The van der Waals surface area contributed by atoms with Crippen LogP contribution in [0.1, 0.15) is 34.8 Å². The molecule has 0 spiro atoms. The molecule has 47 heavy (non-hydrogen) atoms. The highest BCUT2D eigenvalue weighted by Crippen LogP contribution is 2.64. The number of halogens is 17. The van der Waals surface area contributed by atoms with E-state index < -0.39 is 72.7 Å². The van der Waals surface area contributed by atoms with Crippen LogP contribution < -0.4 is 5.56 Å². The highest BCUT2D eigenvalue weighted by Gasteiger charge is 2.95. The number of aryl methyl sites for hydroxylation is 4. The number of hydrogen-bond acceptors (Lipinski definition) is 5. The van der Waals surface area contributed by atoms with Crippen LogP contribution in [0.2, 0.25) is 0 Å². The summed E-state index contributed by atoms with van der Waals surface area (Å²) in [5, 5.41) is 6.99. The van der Waals surface area contributed by atoms with E-state index in [4.69, 9.17) is 0 Å². The highest BCUT2D eigenvalue weighted by molar-refractivity contribution is 7.18. The minimum absolute atomic E-state index is 0.140. The van der Waals surface area contributed by atoms with Gasteiger partial charge in [0, 0.05) is 17.8 Å². The van der Waals surface area contributed by atoms with E-state index in [0.29, 0.717) is 22.8 Å². The molecular formula is C23H16F17N5OS. The number of nitrogens with zero attached hydrogens (tertiary/aromatic N) is 5. The Labute approximate surface area is 253 Å². The first kappa shape index (κ1) is 36.6. The Morgan fingerprint density at radius 1 is 0.766 bits per heavy atom. The molecule has 3 heterocycles. The number of alkyl halides is 17. The summed E-state index contributed by atoms with van der Waals surface area (Å²) in [5.74, 6) is -56.6. The first-order chi connectivity index (χ1) is 21.1. The SMILES string of the molecule is Cc1nc2sc3c(c2c(=O)n1Cc1cn(CCC(F)(F)C(F)(F)C(F)(F)C(F)(F)C(F)(F)C(F)(F)C(F)(F)C(F)(F)F)nn1)CCC3. The average molecular weight is 733 g/mol. The van der Waals surface area contributed by atoms with Gasteiger partial charge in [-0.3, -0.25) is 14.0 Å². The van der Waals surface area contributed by atoms with Gasteiger partial charge in [-0.05, 0) is 31.7 Å².